The molecule has 1 amide bonds. The summed E-state index contributed by atoms with van der Waals surface area (Å²) < 4.78 is 0. The molecule has 1 aliphatic heterocycles. The van der Waals surface area contributed by atoms with Gasteiger partial charge in [0.05, 0.1) is 25.0 Å². The third kappa shape index (κ3) is 6.37. The van der Waals surface area contributed by atoms with Crippen molar-refractivity contribution in [3.8, 4) is 0 Å². The van der Waals surface area contributed by atoms with Crippen molar-refractivity contribution in [2.45, 2.75) is 19.3 Å². The van der Waals surface area contributed by atoms with E-state index in [1.54, 1.807) is 0 Å². The first kappa shape index (κ1) is 20.9. The summed E-state index contributed by atoms with van der Waals surface area (Å²) in [4.78, 5) is 30.0. The first-order chi connectivity index (χ1) is 12.4. The molecule has 1 aromatic rings. The highest BCUT2D eigenvalue weighted by molar-refractivity contribution is 7.12. The molecule has 0 radical (unpaired) electrons. The van der Waals surface area contributed by atoms with Crippen LogP contribution in [0.1, 0.15) is 28.9 Å². The molecule has 26 heavy (non-hydrogen) atoms. The number of likely N-dealkylation sites (tertiary alicyclic amines) is 1. The fraction of sp³-hybridized carbons (Fsp3) is 0.684. The van der Waals surface area contributed by atoms with E-state index in [-0.39, 0.29) is 24.2 Å². The summed E-state index contributed by atoms with van der Waals surface area (Å²) in [5.74, 6) is -0.578. The Kier molecular flexibility index (Phi) is 8.06. The van der Waals surface area contributed by atoms with Crippen LogP contribution in [0.3, 0.4) is 0 Å². The number of carbonyl (C=O) groups is 2. The highest BCUT2D eigenvalue weighted by atomic mass is 32.1. The second-order valence-corrected chi connectivity index (χ2v) is 8.61. The van der Waals surface area contributed by atoms with Crippen LogP contribution in [0.25, 0.3) is 0 Å². The number of hydrogen-bond acceptors (Lipinski definition) is 5. The lowest BCUT2D eigenvalue weighted by molar-refractivity contribution is -0.879. The number of likely N-dealkylation sites (N-methyl/N-ethyl adjacent to an activating group) is 2. The molecule has 2 heterocycles. The Morgan fingerprint density at radius 1 is 1.35 bits per heavy atom. The van der Waals surface area contributed by atoms with Crippen LogP contribution in [0, 0.1) is 11.8 Å². The Morgan fingerprint density at radius 3 is 2.73 bits per heavy atom. The predicted molar refractivity (Wildman–Crippen MR) is 101 cm³/mol. The van der Waals surface area contributed by atoms with E-state index in [0.717, 1.165) is 37.4 Å². The maximum Gasteiger partial charge on any atom is 0.263 e. The van der Waals surface area contributed by atoms with Gasteiger partial charge in [0.2, 0.25) is 0 Å². The SMILES string of the molecule is CN(C)CC[NH+](C)CC[C@H]1CN(C(=O)c2cccs2)CC[C@H]1CC(=O)[O-]. The van der Waals surface area contributed by atoms with Crippen LogP contribution >= 0.6 is 11.3 Å². The summed E-state index contributed by atoms with van der Waals surface area (Å²) in [7, 11) is 6.31. The van der Waals surface area contributed by atoms with E-state index in [1.165, 1.54) is 16.2 Å². The van der Waals surface area contributed by atoms with E-state index in [9.17, 15) is 14.7 Å². The highest BCUT2D eigenvalue weighted by Crippen LogP contribution is 2.29. The minimum Gasteiger partial charge on any atom is -0.550 e. The number of quaternary nitrogens is 1. The van der Waals surface area contributed by atoms with Gasteiger partial charge in [-0.2, -0.15) is 0 Å². The summed E-state index contributed by atoms with van der Waals surface area (Å²) in [6, 6.07) is 3.75. The van der Waals surface area contributed by atoms with Crippen LogP contribution in [-0.2, 0) is 4.79 Å². The van der Waals surface area contributed by atoms with Crippen molar-refractivity contribution >= 4 is 23.2 Å². The average molecular weight is 382 g/mol. The number of carbonyl (C=O) groups excluding carboxylic acids is 2. The molecule has 146 valence electrons. The largest absolute Gasteiger partial charge is 0.550 e. The smallest absolute Gasteiger partial charge is 0.263 e. The molecule has 1 fully saturated rings. The molecule has 1 aliphatic rings. The van der Waals surface area contributed by atoms with E-state index in [4.69, 9.17) is 0 Å². The quantitative estimate of drug-likeness (QED) is 0.622. The Hall–Kier alpha value is -1.44. The molecular formula is C19H31N3O3S. The van der Waals surface area contributed by atoms with Crippen molar-refractivity contribution in [1.82, 2.24) is 9.80 Å². The zero-order valence-electron chi connectivity index (χ0n) is 16.1. The lowest BCUT2D eigenvalue weighted by atomic mass is 9.81. The molecule has 1 saturated heterocycles. The van der Waals surface area contributed by atoms with Gasteiger partial charge in [-0.05, 0) is 50.2 Å². The van der Waals surface area contributed by atoms with Gasteiger partial charge in [-0.1, -0.05) is 6.07 Å². The van der Waals surface area contributed by atoms with Gasteiger partial charge < -0.3 is 24.6 Å². The van der Waals surface area contributed by atoms with Gasteiger partial charge in [0.1, 0.15) is 0 Å². The molecule has 2 rings (SSSR count). The predicted octanol–water partition coefficient (Wildman–Crippen LogP) is -0.567. The fourth-order valence-electron chi connectivity index (χ4n) is 3.60. The molecule has 1 unspecified atom stereocenters. The number of thiophene rings is 1. The number of nitrogens with one attached hydrogen (secondary N) is 1. The maximum absolute atomic E-state index is 12.6. The van der Waals surface area contributed by atoms with E-state index in [1.807, 2.05) is 22.4 Å². The molecule has 0 aromatic carbocycles. The molecule has 0 aliphatic carbocycles. The van der Waals surface area contributed by atoms with Crippen LogP contribution in [-0.4, -0.2) is 75.5 Å². The lowest BCUT2D eigenvalue weighted by Crippen LogP contribution is -3.09. The second kappa shape index (κ2) is 10.0. The third-order valence-electron chi connectivity index (χ3n) is 5.27. The van der Waals surface area contributed by atoms with Gasteiger partial charge in [0.25, 0.3) is 5.91 Å². The van der Waals surface area contributed by atoms with Crippen molar-refractivity contribution in [2.24, 2.45) is 11.8 Å². The maximum atomic E-state index is 12.6. The van der Waals surface area contributed by atoms with E-state index in [0.29, 0.717) is 13.1 Å². The zero-order chi connectivity index (χ0) is 19.1. The standard InChI is InChI=1S/C19H31N3O3S/c1-20(2)10-11-21(3)8-6-16-14-22(9-7-15(16)13-18(23)24)19(25)17-5-4-12-26-17/h4-5,12,15-16H,6-11,13-14H2,1-3H3,(H,23,24)/t15-,16-/m0/s1. The monoisotopic (exact) mass is 381 g/mol. The number of amides is 1. The summed E-state index contributed by atoms with van der Waals surface area (Å²) in [6.07, 6.45) is 1.78. The van der Waals surface area contributed by atoms with Crippen LogP contribution in [0.2, 0.25) is 0 Å². The summed E-state index contributed by atoms with van der Waals surface area (Å²) in [6.45, 7) is 4.36. The topological polar surface area (TPSA) is 68.1 Å². The van der Waals surface area contributed by atoms with Gasteiger partial charge in [-0.3, -0.25) is 4.79 Å². The van der Waals surface area contributed by atoms with Crippen LogP contribution in [0.5, 0.6) is 0 Å². The molecule has 7 heteroatoms. The number of hydrogen-bond donors (Lipinski definition) is 1. The van der Waals surface area contributed by atoms with Crippen LogP contribution in [0.4, 0.5) is 0 Å². The second-order valence-electron chi connectivity index (χ2n) is 7.66. The van der Waals surface area contributed by atoms with Crippen molar-refractivity contribution in [3.63, 3.8) is 0 Å². The molecule has 0 bridgehead atoms. The zero-order valence-corrected chi connectivity index (χ0v) is 16.9. The van der Waals surface area contributed by atoms with E-state index in [2.05, 4.69) is 26.0 Å². The summed E-state index contributed by atoms with van der Waals surface area (Å²) in [5, 5.41) is 13.0. The highest BCUT2D eigenvalue weighted by Gasteiger charge is 2.32. The minimum atomic E-state index is -0.980. The normalized spacial score (nSPS) is 21.8. The lowest BCUT2D eigenvalue weighted by Gasteiger charge is -2.39. The summed E-state index contributed by atoms with van der Waals surface area (Å²) >= 11 is 1.46. The number of carboxylic acid groups (broad SMARTS) is 1. The number of piperidine rings is 1. The van der Waals surface area contributed by atoms with Crippen molar-refractivity contribution in [2.75, 3.05) is 53.9 Å². The number of nitrogens with zero attached hydrogens (tertiary/aromatic N) is 2. The Bertz CT molecular complexity index is 577. The van der Waals surface area contributed by atoms with Gasteiger partial charge in [0.15, 0.2) is 0 Å². The molecular weight excluding hydrogens is 350 g/mol. The Balaban J connectivity index is 1.94. The first-order valence-electron chi connectivity index (χ1n) is 9.35. The van der Waals surface area contributed by atoms with Gasteiger partial charge >= 0.3 is 0 Å². The average Bonchev–Trinajstić information content (AvgIpc) is 3.12. The summed E-state index contributed by atoms with van der Waals surface area (Å²) in [5.41, 5.74) is 0. The van der Waals surface area contributed by atoms with E-state index < -0.39 is 5.97 Å². The van der Waals surface area contributed by atoms with E-state index >= 15 is 0 Å². The molecule has 6 nitrogen and oxygen atoms in total. The van der Waals surface area contributed by atoms with Crippen molar-refractivity contribution in [1.29, 1.82) is 0 Å². The van der Waals surface area contributed by atoms with Crippen LogP contribution in [0.15, 0.2) is 17.5 Å². The Morgan fingerprint density at radius 2 is 2.12 bits per heavy atom. The van der Waals surface area contributed by atoms with Gasteiger partial charge in [-0.25, -0.2) is 0 Å². The van der Waals surface area contributed by atoms with Crippen molar-refractivity contribution < 1.29 is 19.6 Å². The Labute approximate surface area is 160 Å². The van der Waals surface area contributed by atoms with Gasteiger partial charge in [0, 0.05) is 32.0 Å². The number of rotatable bonds is 9. The third-order valence-corrected chi connectivity index (χ3v) is 6.12. The first-order valence-corrected chi connectivity index (χ1v) is 10.2. The molecule has 0 saturated carbocycles. The molecule has 0 spiro atoms. The molecule has 1 aromatic heterocycles. The minimum absolute atomic E-state index is 0.0743. The number of aliphatic carboxylic acids is 1. The number of carboxylic acids is 1. The van der Waals surface area contributed by atoms with Crippen LogP contribution < -0.4 is 10.0 Å². The molecule has 3 atom stereocenters. The van der Waals surface area contributed by atoms with Crippen molar-refractivity contribution in [3.05, 3.63) is 22.4 Å². The van der Waals surface area contributed by atoms with Gasteiger partial charge in [-0.15, -0.1) is 11.3 Å². The molecule has 1 N–H and O–H groups in total. The fourth-order valence-corrected chi connectivity index (χ4v) is 4.29.